The zero-order valence-electron chi connectivity index (χ0n) is 11.4. The van der Waals surface area contributed by atoms with Crippen LogP contribution in [0.1, 0.15) is 40.0 Å². The Kier molecular flexibility index (Phi) is 5.44. The fourth-order valence-corrected chi connectivity index (χ4v) is 2.46. The van der Waals surface area contributed by atoms with Crippen molar-refractivity contribution in [2.24, 2.45) is 17.8 Å². The molecule has 5 heteroatoms. The minimum atomic E-state index is -0.991. The second-order valence-electron chi connectivity index (χ2n) is 5.58. The first-order valence-corrected chi connectivity index (χ1v) is 6.69. The van der Waals surface area contributed by atoms with Crippen molar-refractivity contribution in [2.75, 3.05) is 6.54 Å². The molecule has 1 rings (SSSR count). The van der Waals surface area contributed by atoms with Gasteiger partial charge >= 0.3 is 12.0 Å². The van der Waals surface area contributed by atoms with E-state index in [4.69, 9.17) is 5.11 Å². The number of amides is 2. The summed E-state index contributed by atoms with van der Waals surface area (Å²) < 4.78 is 0. The molecule has 1 fully saturated rings. The second-order valence-corrected chi connectivity index (χ2v) is 5.58. The monoisotopic (exact) mass is 256 g/mol. The highest BCUT2D eigenvalue weighted by molar-refractivity contribution is 5.82. The molecule has 0 heterocycles. The predicted molar refractivity (Wildman–Crippen MR) is 69.3 cm³/mol. The number of hydrogen-bond donors (Lipinski definition) is 3. The normalized spacial score (nSPS) is 24.9. The van der Waals surface area contributed by atoms with Crippen LogP contribution in [0.2, 0.25) is 0 Å². The molecule has 3 N–H and O–H groups in total. The minimum absolute atomic E-state index is 0.126. The van der Waals surface area contributed by atoms with Gasteiger partial charge in [0.25, 0.3) is 0 Å². The standard InChI is InChI=1S/C13H24N2O3/c1-8(2)11(12(16)17)15-13(18)14-7-10-6-4-5-9(10)3/h8-11H,4-7H2,1-3H3,(H,16,17)(H2,14,15,18)/t9?,10?,11-/m1/s1. The summed E-state index contributed by atoms with van der Waals surface area (Å²) in [5.41, 5.74) is 0. The van der Waals surface area contributed by atoms with Crippen LogP contribution in [0, 0.1) is 17.8 Å². The number of carboxylic acids is 1. The molecule has 0 aliphatic heterocycles. The van der Waals surface area contributed by atoms with Crippen molar-refractivity contribution < 1.29 is 14.7 Å². The maximum Gasteiger partial charge on any atom is 0.326 e. The summed E-state index contributed by atoms with van der Waals surface area (Å²) in [7, 11) is 0. The van der Waals surface area contributed by atoms with Crippen LogP contribution in [0.15, 0.2) is 0 Å². The van der Waals surface area contributed by atoms with Crippen molar-refractivity contribution in [3.63, 3.8) is 0 Å². The van der Waals surface area contributed by atoms with Crippen LogP contribution >= 0.6 is 0 Å². The lowest BCUT2D eigenvalue weighted by molar-refractivity contribution is -0.140. The van der Waals surface area contributed by atoms with Gasteiger partial charge in [-0.1, -0.05) is 33.6 Å². The molecule has 0 saturated heterocycles. The van der Waals surface area contributed by atoms with Gasteiger partial charge in [-0.05, 0) is 24.2 Å². The molecule has 0 aromatic heterocycles. The Morgan fingerprint density at radius 3 is 2.44 bits per heavy atom. The van der Waals surface area contributed by atoms with E-state index < -0.39 is 12.0 Å². The van der Waals surface area contributed by atoms with E-state index in [0.717, 1.165) is 6.42 Å². The Hall–Kier alpha value is -1.26. The van der Waals surface area contributed by atoms with Crippen LogP contribution < -0.4 is 10.6 Å². The molecule has 0 aromatic carbocycles. The maximum absolute atomic E-state index is 11.6. The van der Waals surface area contributed by atoms with Crippen molar-refractivity contribution in [1.82, 2.24) is 10.6 Å². The van der Waals surface area contributed by atoms with Gasteiger partial charge < -0.3 is 15.7 Å². The van der Waals surface area contributed by atoms with Gasteiger partial charge in [0.2, 0.25) is 0 Å². The number of carbonyl (C=O) groups excluding carboxylic acids is 1. The van der Waals surface area contributed by atoms with E-state index >= 15 is 0 Å². The van der Waals surface area contributed by atoms with E-state index in [9.17, 15) is 9.59 Å². The van der Waals surface area contributed by atoms with Crippen molar-refractivity contribution in [1.29, 1.82) is 0 Å². The van der Waals surface area contributed by atoms with E-state index in [2.05, 4.69) is 17.6 Å². The van der Waals surface area contributed by atoms with Crippen LogP contribution in [0.25, 0.3) is 0 Å². The van der Waals surface area contributed by atoms with Crippen molar-refractivity contribution in [2.45, 2.75) is 46.1 Å². The van der Waals surface area contributed by atoms with E-state index in [0.29, 0.717) is 18.4 Å². The number of carbonyl (C=O) groups is 2. The zero-order chi connectivity index (χ0) is 13.7. The highest BCUT2D eigenvalue weighted by atomic mass is 16.4. The number of rotatable bonds is 5. The molecule has 0 aromatic rings. The lowest BCUT2D eigenvalue weighted by Crippen LogP contribution is -2.49. The third-order valence-corrected chi connectivity index (χ3v) is 3.78. The van der Waals surface area contributed by atoms with Gasteiger partial charge in [-0.2, -0.15) is 0 Å². The molecule has 5 nitrogen and oxygen atoms in total. The van der Waals surface area contributed by atoms with Crippen LogP contribution in [0.3, 0.4) is 0 Å². The predicted octanol–water partition coefficient (Wildman–Crippen LogP) is 1.83. The second kappa shape index (κ2) is 6.61. The Labute approximate surface area is 108 Å². The van der Waals surface area contributed by atoms with E-state index in [1.165, 1.54) is 12.8 Å². The summed E-state index contributed by atoms with van der Waals surface area (Å²) in [6.07, 6.45) is 3.59. The lowest BCUT2D eigenvalue weighted by atomic mass is 9.98. The molecular weight excluding hydrogens is 232 g/mol. The number of nitrogens with one attached hydrogen (secondary N) is 2. The molecule has 18 heavy (non-hydrogen) atoms. The summed E-state index contributed by atoms with van der Waals surface area (Å²) >= 11 is 0. The van der Waals surface area contributed by atoms with Gasteiger partial charge in [0.1, 0.15) is 6.04 Å². The van der Waals surface area contributed by atoms with Gasteiger partial charge in [-0.3, -0.25) is 0 Å². The number of aliphatic carboxylic acids is 1. The molecule has 0 radical (unpaired) electrons. The minimum Gasteiger partial charge on any atom is -0.480 e. The van der Waals surface area contributed by atoms with E-state index in [1.54, 1.807) is 13.8 Å². The average Bonchev–Trinajstić information content (AvgIpc) is 2.68. The SMILES string of the molecule is CC1CCCC1CNC(=O)N[C@@H](C(=O)O)C(C)C. The summed E-state index contributed by atoms with van der Waals surface area (Å²) in [6, 6.07) is -1.21. The molecule has 3 atom stereocenters. The zero-order valence-corrected chi connectivity index (χ0v) is 11.4. The third kappa shape index (κ3) is 4.20. The number of carboxylic acid groups (broad SMARTS) is 1. The highest BCUT2D eigenvalue weighted by Gasteiger charge is 2.26. The molecular formula is C13H24N2O3. The largest absolute Gasteiger partial charge is 0.480 e. The Bertz CT molecular complexity index is 305. The maximum atomic E-state index is 11.6. The van der Waals surface area contributed by atoms with Crippen molar-refractivity contribution in [3.05, 3.63) is 0 Å². The van der Waals surface area contributed by atoms with Crippen molar-refractivity contribution >= 4 is 12.0 Å². The molecule has 0 spiro atoms. The molecule has 2 unspecified atom stereocenters. The molecule has 2 amide bonds. The van der Waals surface area contributed by atoms with Crippen LogP contribution in [0.4, 0.5) is 4.79 Å². The molecule has 1 aliphatic rings. The van der Waals surface area contributed by atoms with Gasteiger partial charge in [0, 0.05) is 6.54 Å². The summed E-state index contributed by atoms with van der Waals surface area (Å²) in [5.74, 6) is 0.0526. The van der Waals surface area contributed by atoms with Gasteiger partial charge in [-0.15, -0.1) is 0 Å². The fraction of sp³-hybridized carbons (Fsp3) is 0.846. The quantitative estimate of drug-likeness (QED) is 0.702. The molecule has 0 bridgehead atoms. The van der Waals surface area contributed by atoms with Crippen molar-refractivity contribution in [3.8, 4) is 0 Å². The van der Waals surface area contributed by atoms with Crippen LogP contribution in [0.5, 0.6) is 0 Å². The highest BCUT2D eigenvalue weighted by Crippen LogP contribution is 2.30. The average molecular weight is 256 g/mol. The van der Waals surface area contributed by atoms with Crippen LogP contribution in [-0.4, -0.2) is 29.7 Å². The molecule has 104 valence electrons. The first-order valence-electron chi connectivity index (χ1n) is 6.69. The Morgan fingerprint density at radius 1 is 1.33 bits per heavy atom. The first-order chi connectivity index (χ1) is 8.41. The molecule has 1 aliphatic carbocycles. The third-order valence-electron chi connectivity index (χ3n) is 3.78. The summed E-state index contributed by atoms with van der Waals surface area (Å²) in [5, 5.41) is 14.3. The summed E-state index contributed by atoms with van der Waals surface area (Å²) in [6.45, 7) is 6.39. The smallest absolute Gasteiger partial charge is 0.326 e. The lowest BCUT2D eigenvalue weighted by Gasteiger charge is -2.20. The molecule has 1 saturated carbocycles. The Balaban J connectivity index is 2.34. The van der Waals surface area contributed by atoms with E-state index in [-0.39, 0.29) is 11.9 Å². The summed E-state index contributed by atoms with van der Waals surface area (Å²) in [4.78, 5) is 22.6. The van der Waals surface area contributed by atoms with Gasteiger partial charge in [-0.25, -0.2) is 9.59 Å². The van der Waals surface area contributed by atoms with Crippen LogP contribution in [-0.2, 0) is 4.79 Å². The fourth-order valence-electron chi connectivity index (χ4n) is 2.46. The van der Waals surface area contributed by atoms with Gasteiger partial charge in [0.15, 0.2) is 0 Å². The number of hydrogen-bond acceptors (Lipinski definition) is 2. The first kappa shape index (κ1) is 14.8. The Morgan fingerprint density at radius 2 is 2.00 bits per heavy atom. The van der Waals surface area contributed by atoms with E-state index in [1.807, 2.05) is 0 Å². The number of urea groups is 1. The van der Waals surface area contributed by atoms with Gasteiger partial charge in [0.05, 0.1) is 0 Å². The topological polar surface area (TPSA) is 78.4 Å².